The lowest BCUT2D eigenvalue weighted by Crippen LogP contribution is -2.52. The van der Waals surface area contributed by atoms with E-state index in [9.17, 15) is 24.0 Å². The lowest BCUT2D eigenvalue weighted by Gasteiger charge is -2.29. The molecule has 1 atom stereocenters. The zero-order valence-electron chi connectivity index (χ0n) is 19.2. The molecule has 0 spiro atoms. The number of imide groups is 1. The molecular weight excluding hydrogens is 524 g/mol. The molecule has 1 saturated heterocycles. The molecule has 0 aliphatic carbocycles. The van der Waals surface area contributed by atoms with Crippen molar-refractivity contribution >= 4 is 57.2 Å². The standard InChI is InChI=1S/C22H23BrN6O6/c1-22(2,3)35-21(34)26-17-15(23)16(27-28-17)19(32)24-11-4-5-12-10(8-11)9-29(20(12)33)13-6-7-14(30)25-18(13)31/h4-5,8,13H,6-7,9H2,1-3H3,(H,24,32)(H,25,30,31)(H2,26,27,28,34). The maximum absolute atomic E-state index is 12.8. The molecule has 13 heteroatoms. The number of anilines is 2. The summed E-state index contributed by atoms with van der Waals surface area (Å²) in [6, 6.07) is 4.09. The van der Waals surface area contributed by atoms with Crippen molar-refractivity contribution in [2.45, 2.75) is 51.8 Å². The Balaban J connectivity index is 1.44. The van der Waals surface area contributed by atoms with Gasteiger partial charge in [-0.2, -0.15) is 5.10 Å². The van der Waals surface area contributed by atoms with Crippen LogP contribution in [0.25, 0.3) is 0 Å². The van der Waals surface area contributed by atoms with Crippen molar-refractivity contribution in [3.63, 3.8) is 0 Å². The molecule has 0 bridgehead atoms. The number of carbonyl (C=O) groups is 5. The number of nitrogens with zero attached hydrogens (tertiary/aromatic N) is 2. The minimum Gasteiger partial charge on any atom is -0.444 e. The van der Waals surface area contributed by atoms with E-state index in [1.54, 1.807) is 39.0 Å². The first-order valence-electron chi connectivity index (χ1n) is 10.8. The fraction of sp³-hybridized carbons (Fsp3) is 0.364. The molecule has 4 N–H and O–H groups in total. The van der Waals surface area contributed by atoms with Gasteiger partial charge in [0, 0.05) is 24.2 Å². The number of nitrogens with one attached hydrogen (secondary N) is 4. The van der Waals surface area contributed by atoms with Crippen LogP contribution in [0.4, 0.5) is 16.3 Å². The Hall–Kier alpha value is -3.74. The molecule has 1 unspecified atom stereocenters. The Morgan fingerprint density at radius 3 is 2.63 bits per heavy atom. The number of amides is 5. The van der Waals surface area contributed by atoms with Gasteiger partial charge in [0.2, 0.25) is 11.8 Å². The summed E-state index contributed by atoms with van der Waals surface area (Å²) in [7, 11) is 0. The summed E-state index contributed by atoms with van der Waals surface area (Å²) >= 11 is 3.25. The van der Waals surface area contributed by atoms with Crippen LogP contribution in [0.5, 0.6) is 0 Å². The normalized spacial score (nSPS) is 17.7. The topological polar surface area (TPSA) is 163 Å². The molecule has 0 saturated carbocycles. The second-order valence-electron chi connectivity index (χ2n) is 9.11. The molecule has 5 amide bonds. The maximum Gasteiger partial charge on any atom is 0.413 e. The number of H-pyrrole nitrogens is 1. The molecule has 3 heterocycles. The zero-order chi connectivity index (χ0) is 25.5. The van der Waals surface area contributed by atoms with Crippen molar-refractivity contribution in [3.8, 4) is 0 Å². The monoisotopic (exact) mass is 546 g/mol. The van der Waals surface area contributed by atoms with Crippen LogP contribution in [0, 0.1) is 0 Å². The molecule has 1 aromatic heterocycles. The van der Waals surface area contributed by atoms with E-state index in [-0.39, 0.29) is 47.2 Å². The molecule has 184 valence electrons. The Bertz CT molecular complexity index is 1250. The van der Waals surface area contributed by atoms with Gasteiger partial charge in [-0.25, -0.2) is 4.79 Å². The first-order valence-corrected chi connectivity index (χ1v) is 11.5. The molecule has 35 heavy (non-hydrogen) atoms. The average molecular weight is 547 g/mol. The van der Waals surface area contributed by atoms with Crippen LogP contribution >= 0.6 is 15.9 Å². The number of carbonyl (C=O) groups excluding carboxylic acids is 5. The number of rotatable bonds is 4. The third-order valence-electron chi connectivity index (χ3n) is 5.33. The summed E-state index contributed by atoms with van der Waals surface area (Å²) in [4.78, 5) is 62.6. The lowest BCUT2D eigenvalue weighted by molar-refractivity contribution is -0.136. The predicted octanol–water partition coefficient (Wildman–Crippen LogP) is 2.53. The highest BCUT2D eigenvalue weighted by Crippen LogP contribution is 2.30. The van der Waals surface area contributed by atoms with Gasteiger partial charge < -0.3 is 15.0 Å². The third-order valence-corrected chi connectivity index (χ3v) is 6.11. The average Bonchev–Trinajstić information content (AvgIpc) is 3.26. The largest absolute Gasteiger partial charge is 0.444 e. The van der Waals surface area contributed by atoms with E-state index >= 15 is 0 Å². The van der Waals surface area contributed by atoms with E-state index in [0.29, 0.717) is 16.8 Å². The van der Waals surface area contributed by atoms with E-state index in [4.69, 9.17) is 4.74 Å². The van der Waals surface area contributed by atoms with Crippen LogP contribution in [-0.2, 0) is 20.9 Å². The summed E-state index contributed by atoms with van der Waals surface area (Å²) in [5.74, 6) is -1.59. The molecule has 0 radical (unpaired) electrons. The van der Waals surface area contributed by atoms with Gasteiger partial charge in [0.15, 0.2) is 5.82 Å². The van der Waals surface area contributed by atoms with Crippen molar-refractivity contribution < 1.29 is 28.7 Å². The predicted molar refractivity (Wildman–Crippen MR) is 127 cm³/mol. The second-order valence-corrected chi connectivity index (χ2v) is 9.91. The number of aromatic nitrogens is 2. The number of aromatic amines is 1. The Morgan fingerprint density at radius 1 is 1.20 bits per heavy atom. The number of halogens is 1. The maximum atomic E-state index is 12.8. The van der Waals surface area contributed by atoms with Gasteiger partial charge in [-0.1, -0.05) is 0 Å². The molecule has 2 aromatic rings. The van der Waals surface area contributed by atoms with Gasteiger partial charge in [0.1, 0.15) is 17.3 Å². The zero-order valence-corrected chi connectivity index (χ0v) is 20.7. The number of hydrogen-bond acceptors (Lipinski definition) is 7. The van der Waals surface area contributed by atoms with Gasteiger partial charge in [0.25, 0.3) is 11.8 Å². The number of ether oxygens (including phenoxy) is 1. The highest BCUT2D eigenvalue weighted by molar-refractivity contribution is 9.10. The second kappa shape index (κ2) is 9.13. The fourth-order valence-corrected chi connectivity index (χ4v) is 4.26. The molecule has 2 aliphatic heterocycles. The minimum absolute atomic E-state index is 0.0674. The van der Waals surface area contributed by atoms with Crippen molar-refractivity contribution in [1.82, 2.24) is 20.4 Å². The molecule has 1 fully saturated rings. The summed E-state index contributed by atoms with van der Waals surface area (Å²) in [6.45, 7) is 5.35. The Morgan fingerprint density at radius 2 is 1.94 bits per heavy atom. The molecule has 2 aliphatic rings. The summed E-state index contributed by atoms with van der Waals surface area (Å²) in [6.07, 6.45) is -0.288. The number of fused-ring (bicyclic) bond motifs is 1. The van der Waals surface area contributed by atoms with Gasteiger partial charge >= 0.3 is 6.09 Å². The molecule has 12 nitrogen and oxygen atoms in total. The van der Waals surface area contributed by atoms with Crippen LogP contribution in [0.1, 0.15) is 60.0 Å². The van der Waals surface area contributed by atoms with Crippen LogP contribution in [0.15, 0.2) is 22.7 Å². The number of benzene rings is 1. The number of piperidine rings is 1. The molecule has 4 rings (SSSR count). The first-order chi connectivity index (χ1) is 16.4. The van der Waals surface area contributed by atoms with E-state index < -0.39 is 29.6 Å². The van der Waals surface area contributed by atoms with Crippen LogP contribution in [0.2, 0.25) is 0 Å². The van der Waals surface area contributed by atoms with Crippen LogP contribution in [-0.4, -0.2) is 56.5 Å². The van der Waals surface area contributed by atoms with E-state index in [1.807, 2.05) is 0 Å². The lowest BCUT2D eigenvalue weighted by atomic mass is 10.0. The quantitative estimate of drug-likeness (QED) is 0.428. The minimum atomic E-state index is -0.722. The van der Waals surface area contributed by atoms with Crippen LogP contribution < -0.4 is 16.0 Å². The SMILES string of the molecule is CC(C)(C)OC(=O)Nc1n[nH]c(C(=O)Nc2ccc3c(c2)CN(C2CCC(=O)NC2=O)C3=O)c1Br. The summed E-state index contributed by atoms with van der Waals surface area (Å²) < 4.78 is 5.42. The van der Waals surface area contributed by atoms with E-state index in [0.717, 1.165) is 0 Å². The molecular formula is C22H23BrN6O6. The highest BCUT2D eigenvalue weighted by atomic mass is 79.9. The van der Waals surface area contributed by atoms with Crippen molar-refractivity contribution in [1.29, 1.82) is 0 Å². The highest BCUT2D eigenvalue weighted by Gasteiger charge is 2.39. The summed E-state index contributed by atoms with van der Waals surface area (Å²) in [5.41, 5.74) is 0.871. The van der Waals surface area contributed by atoms with Crippen LogP contribution in [0.3, 0.4) is 0 Å². The fourth-order valence-electron chi connectivity index (χ4n) is 3.81. The van der Waals surface area contributed by atoms with E-state index in [1.165, 1.54) is 4.90 Å². The Labute approximate surface area is 208 Å². The van der Waals surface area contributed by atoms with Crippen molar-refractivity contribution in [3.05, 3.63) is 39.5 Å². The van der Waals surface area contributed by atoms with Crippen molar-refractivity contribution in [2.75, 3.05) is 10.6 Å². The first kappa shape index (κ1) is 24.4. The smallest absolute Gasteiger partial charge is 0.413 e. The third kappa shape index (κ3) is 5.19. The van der Waals surface area contributed by atoms with Gasteiger partial charge in [0.05, 0.1) is 4.47 Å². The Kier molecular flexibility index (Phi) is 6.36. The molecule has 1 aromatic carbocycles. The van der Waals surface area contributed by atoms with Gasteiger partial charge in [-0.05, 0) is 66.9 Å². The number of hydrogen-bond donors (Lipinski definition) is 4. The van der Waals surface area contributed by atoms with E-state index in [2.05, 4.69) is 42.1 Å². The van der Waals surface area contributed by atoms with Crippen molar-refractivity contribution in [2.24, 2.45) is 0 Å². The summed E-state index contributed by atoms with van der Waals surface area (Å²) in [5, 5.41) is 13.9. The van der Waals surface area contributed by atoms with Gasteiger partial charge in [-0.3, -0.25) is 34.9 Å². The van der Waals surface area contributed by atoms with Gasteiger partial charge in [-0.15, -0.1) is 0 Å².